The first-order valence-corrected chi connectivity index (χ1v) is 8.47. The summed E-state index contributed by atoms with van der Waals surface area (Å²) < 4.78 is 5.10. The number of nitrogens with one attached hydrogen (secondary N) is 2. The number of nitrogens with zero attached hydrogens (tertiary/aromatic N) is 2. The third kappa shape index (κ3) is 4.80. The van der Waals surface area contributed by atoms with Crippen LogP contribution in [0.5, 0.6) is 0 Å². The highest BCUT2D eigenvalue weighted by Crippen LogP contribution is 2.22. The quantitative estimate of drug-likeness (QED) is 0.650. The van der Waals surface area contributed by atoms with Crippen molar-refractivity contribution in [1.29, 1.82) is 0 Å². The molecule has 25 heavy (non-hydrogen) atoms. The lowest BCUT2D eigenvalue weighted by atomic mass is 10.2. The van der Waals surface area contributed by atoms with Gasteiger partial charge in [-0.05, 0) is 31.2 Å². The van der Waals surface area contributed by atoms with Crippen molar-refractivity contribution >= 4 is 40.6 Å². The van der Waals surface area contributed by atoms with Crippen LogP contribution in [-0.2, 0) is 9.59 Å². The SMILES string of the molecule is Cc1ccc(NC(=O)[C@H]2CC(=O)NC(=N/N=C/c3ccco3)S2)cc1. The molecule has 3 rings (SSSR count). The molecule has 2 amide bonds. The summed E-state index contributed by atoms with van der Waals surface area (Å²) in [6.07, 6.45) is 3.04. The lowest BCUT2D eigenvalue weighted by Crippen LogP contribution is -2.41. The number of hydrogen-bond donors (Lipinski definition) is 2. The molecule has 0 spiro atoms. The lowest BCUT2D eigenvalue weighted by Gasteiger charge is -2.21. The van der Waals surface area contributed by atoms with Gasteiger partial charge in [-0.1, -0.05) is 29.5 Å². The van der Waals surface area contributed by atoms with Crippen molar-refractivity contribution in [2.75, 3.05) is 5.32 Å². The van der Waals surface area contributed by atoms with Gasteiger partial charge in [-0.2, -0.15) is 5.10 Å². The average molecular weight is 356 g/mol. The van der Waals surface area contributed by atoms with Gasteiger partial charge in [0.2, 0.25) is 11.8 Å². The Hall–Kier alpha value is -2.87. The van der Waals surface area contributed by atoms with E-state index in [-0.39, 0.29) is 23.4 Å². The number of amides is 2. The summed E-state index contributed by atoms with van der Waals surface area (Å²) in [7, 11) is 0. The van der Waals surface area contributed by atoms with Gasteiger partial charge in [0.05, 0.1) is 12.5 Å². The Labute approximate surface area is 148 Å². The van der Waals surface area contributed by atoms with Crippen LogP contribution in [0.4, 0.5) is 5.69 Å². The maximum absolute atomic E-state index is 12.4. The van der Waals surface area contributed by atoms with Gasteiger partial charge < -0.3 is 15.1 Å². The summed E-state index contributed by atoms with van der Waals surface area (Å²) in [5, 5.41) is 12.9. The highest BCUT2D eigenvalue weighted by molar-refractivity contribution is 8.15. The topological polar surface area (TPSA) is 96.1 Å². The van der Waals surface area contributed by atoms with E-state index in [4.69, 9.17) is 4.42 Å². The van der Waals surface area contributed by atoms with Crippen LogP contribution in [0.25, 0.3) is 0 Å². The maximum Gasteiger partial charge on any atom is 0.238 e. The number of rotatable bonds is 4. The van der Waals surface area contributed by atoms with Crippen LogP contribution < -0.4 is 10.6 Å². The van der Waals surface area contributed by atoms with Gasteiger partial charge in [0.25, 0.3) is 0 Å². The van der Waals surface area contributed by atoms with E-state index in [2.05, 4.69) is 20.8 Å². The standard InChI is InChI=1S/C17H16N4O3S/c1-11-4-6-12(7-5-11)19-16(23)14-9-15(22)20-17(25-14)21-18-10-13-3-2-8-24-13/h2-8,10,14H,9H2,1H3,(H,19,23)(H,20,21,22)/b18-10+/t14-/m1/s1. The van der Waals surface area contributed by atoms with Crippen molar-refractivity contribution in [1.82, 2.24) is 5.32 Å². The number of thioether (sulfide) groups is 1. The Morgan fingerprint density at radius 1 is 1.36 bits per heavy atom. The summed E-state index contributed by atoms with van der Waals surface area (Å²) in [5.41, 5.74) is 1.80. The number of hydrogen-bond acceptors (Lipinski definition) is 6. The Morgan fingerprint density at radius 3 is 2.88 bits per heavy atom. The monoisotopic (exact) mass is 356 g/mol. The van der Waals surface area contributed by atoms with Crippen LogP contribution >= 0.6 is 11.8 Å². The third-order valence-corrected chi connectivity index (χ3v) is 4.43. The number of furan rings is 1. The van der Waals surface area contributed by atoms with Gasteiger partial charge in [-0.3, -0.25) is 9.59 Å². The number of benzene rings is 1. The van der Waals surface area contributed by atoms with Crippen LogP contribution in [0.1, 0.15) is 17.7 Å². The molecule has 1 saturated heterocycles. The normalized spacial score (nSPS) is 19.2. The van der Waals surface area contributed by atoms with Gasteiger partial charge in [0.1, 0.15) is 11.0 Å². The second-order valence-electron chi connectivity index (χ2n) is 5.38. The molecule has 1 aromatic carbocycles. The molecule has 128 valence electrons. The Morgan fingerprint density at radius 2 is 2.16 bits per heavy atom. The zero-order valence-corrected chi connectivity index (χ0v) is 14.2. The Balaban J connectivity index is 1.64. The predicted molar refractivity (Wildman–Crippen MR) is 97.7 cm³/mol. The molecule has 2 aromatic rings. The number of carbonyl (C=O) groups is 2. The fourth-order valence-electron chi connectivity index (χ4n) is 2.10. The van der Waals surface area contributed by atoms with Crippen molar-refractivity contribution < 1.29 is 14.0 Å². The molecule has 7 nitrogen and oxygen atoms in total. The van der Waals surface area contributed by atoms with E-state index in [1.54, 1.807) is 12.1 Å². The summed E-state index contributed by atoms with van der Waals surface area (Å²) in [6, 6.07) is 10.9. The fraction of sp³-hybridized carbons (Fsp3) is 0.176. The molecule has 0 unspecified atom stereocenters. The fourth-order valence-corrected chi connectivity index (χ4v) is 3.04. The minimum Gasteiger partial charge on any atom is -0.463 e. The second kappa shape index (κ2) is 7.80. The zero-order valence-electron chi connectivity index (χ0n) is 13.4. The molecular formula is C17H16N4O3S. The molecular weight excluding hydrogens is 340 g/mol. The first-order valence-electron chi connectivity index (χ1n) is 7.59. The van der Waals surface area contributed by atoms with Crippen LogP contribution in [-0.4, -0.2) is 28.4 Å². The minimum absolute atomic E-state index is 0.0866. The first kappa shape index (κ1) is 17.0. The van der Waals surface area contributed by atoms with E-state index in [0.717, 1.165) is 17.3 Å². The molecule has 0 radical (unpaired) electrons. The summed E-state index contributed by atoms with van der Waals surface area (Å²) in [4.78, 5) is 24.2. The molecule has 8 heteroatoms. The third-order valence-electron chi connectivity index (χ3n) is 3.36. The molecule has 1 atom stereocenters. The number of anilines is 1. The van der Waals surface area contributed by atoms with E-state index in [1.807, 2.05) is 31.2 Å². The average Bonchev–Trinajstić information content (AvgIpc) is 3.10. The molecule has 0 saturated carbocycles. The van der Waals surface area contributed by atoms with Gasteiger partial charge in [-0.15, -0.1) is 5.10 Å². The summed E-state index contributed by atoms with van der Waals surface area (Å²) in [6.45, 7) is 1.97. The molecule has 1 aliphatic heterocycles. The van der Waals surface area contributed by atoms with Crippen LogP contribution in [0.15, 0.2) is 57.3 Å². The Bertz CT molecular complexity index is 813. The lowest BCUT2D eigenvalue weighted by molar-refractivity contribution is -0.123. The van der Waals surface area contributed by atoms with Gasteiger partial charge in [0, 0.05) is 12.1 Å². The molecule has 0 bridgehead atoms. The maximum atomic E-state index is 12.4. The van der Waals surface area contributed by atoms with Gasteiger partial charge in [-0.25, -0.2) is 0 Å². The molecule has 1 fully saturated rings. The van der Waals surface area contributed by atoms with Crippen LogP contribution in [0.2, 0.25) is 0 Å². The minimum atomic E-state index is -0.562. The molecule has 1 aromatic heterocycles. The van der Waals surface area contributed by atoms with E-state index < -0.39 is 5.25 Å². The smallest absolute Gasteiger partial charge is 0.238 e. The van der Waals surface area contributed by atoms with Crippen LogP contribution in [0, 0.1) is 6.92 Å². The zero-order chi connectivity index (χ0) is 17.6. The summed E-state index contributed by atoms with van der Waals surface area (Å²) >= 11 is 1.16. The second-order valence-corrected chi connectivity index (χ2v) is 6.57. The van der Waals surface area contributed by atoms with Crippen molar-refractivity contribution in [3.8, 4) is 0 Å². The van der Waals surface area contributed by atoms with E-state index in [0.29, 0.717) is 11.4 Å². The van der Waals surface area contributed by atoms with Crippen molar-refractivity contribution in [2.24, 2.45) is 10.2 Å². The number of amidine groups is 1. The molecule has 2 N–H and O–H groups in total. The number of carbonyl (C=O) groups excluding carboxylic acids is 2. The first-order chi connectivity index (χ1) is 12.1. The molecule has 1 aliphatic rings. The van der Waals surface area contributed by atoms with Gasteiger partial charge in [0.15, 0.2) is 5.17 Å². The van der Waals surface area contributed by atoms with Gasteiger partial charge >= 0.3 is 0 Å². The molecule has 2 heterocycles. The predicted octanol–water partition coefficient (Wildman–Crippen LogP) is 2.54. The highest BCUT2D eigenvalue weighted by Gasteiger charge is 2.30. The van der Waals surface area contributed by atoms with Crippen molar-refractivity contribution in [3.05, 3.63) is 54.0 Å². The Kier molecular flexibility index (Phi) is 5.30. The number of aryl methyl sites for hydroxylation is 1. The summed E-state index contributed by atoms with van der Waals surface area (Å²) in [5.74, 6) is 0.0336. The van der Waals surface area contributed by atoms with E-state index in [1.165, 1.54) is 12.5 Å². The van der Waals surface area contributed by atoms with E-state index in [9.17, 15) is 9.59 Å². The van der Waals surface area contributed by atoms with Crippen molar-refractivity contribution in [3.63, 3.8) is 0 Å². The van der Waals surface area contributed by atoms with Crippen LogP contribution in [0.3, 0.4) is 0 Å². The van der Waals surface area contributed by atoms with E-state index >= 15 is 0 Å². The largest absolute Gasteiger partial charge is 0.463 e. The molecule has 0 aliphatic carbocycles. The highest BCUT2D eigenvalue weighted by atomic mass is 32.2. The van der Waals surface area contributed by atoms with Crippen molar-refractivity contribution in [2.45, 2.75) is 18.6 Å².